The zero-order valence-corrected chi connectivity index (χ0v) is 18.4. The molecule has 0 saturated heterocycles. The molecule has 2 aromatic rings. The highest BCUT2D eigenvalue weighted by Crippen LogP contribution is 2.35. The van der Waals surface area contributed by atoms with Crippen LogP contribution in [0.3, 0.4) is 0 Å². The van der Waals surface area contributed by atoms with Gasteiger partial charge in [0.25, 0.3) is 5.91 Å². The van der Waals surface area contributed by atoms with Gasteiger partial charge in [-0.25, -0.2) is 4.79 Å². The van der Waals surface area contributed by atoms with Crippen LogP contribution in [0, 0.1) is 14.9 Å². The van der Waals surface area contributed by atoms with Crippen molar-refractivity contribution in [1.29, 1.82) is 5.26 Å². The fourth-order valence-electron chi connectivity index (χ4n) is 2.32. The molecular weight excluding hydrogens is 503 g/mol. The SMILES string of the molecule is CCOc1cc(/C=C(\C#N)C(=O)Nc2ccc(O)cc2)cc(I)c1OCC(=O)OC. The number of methoxy groups -OCH3 is 1. The van der Waals surface area contributed by atoms with Gasteiger partial charge in [-0.2, -0.15) is 5.26 Å². The van der Waals surface area contributed by atoms with Gasteiger partial charge in [-0.05, 0) is 77.6 Å². The van der Waals surface area contributed by atoms with Gasteiger partial charge in [0.05, 0.1) is 17.3 Å². The third-order valence-electron chi connectivity index (χ3n) is 3.69. The minimum absolute atomic E-state index is 0.0663. The average Bonchev–Trinajstić information content (AvgIpc) is 2.72. The number of ether oxygens (including phenoxy) is 3. The Bertz CT molecular complexity index is 996. The summed E-state index contributed by atoms with van der Waals surface area (Å²) in [4.78, 5) is 23.8. The summed E-state index contributed by atoms with van der Waals surface area (Å²) >= 11 is 2.01. The maximum Gasteiger partial charge on any atom is 0.343 e. The summed E-state index contributed by atoms with van der Waals surface area (Å²) in [6, 6.07) is 11.1. The Morgan fingerprint density at radius 2 is 1.93 bits per heavy atom. The normalized spacial score (nSPS) is 10.7. The molecule has 0 bridgehead atoms. The van der Waals surface area contributed by atoms with Crippen LogP contribution >= 0.6 is 22.6 Å². The van der Waals surface area contributed by atoms with Crippen LogP contribution in [-0.2, 0) is 14.3 Å². The van der Waals surface area contributed by atoms with Crippen molar-refractivity contribution in [3.8, 4) is 23.3 Å². The number of anilines is 1. The van der Waals surface area contributed by atoms with E-state index in [4.69, 9.17) is 9.47 Å². The molecular formula is C21H19IN2O6. The van der Waals surface area contributed by atoms with Crippen LogP contribution < -0.4 is 14.8 Å². The highest BCUT2D eigenvalue weighted by molar-refractivity contribution is 14.1. The molecule has 0 radical (unpaired) electrons. The van der Waals surface area contributed by atoms with Gasteiger partial charge in [-0.1, -0.05) is 0 Å². The predicted molar refractivity (Wildman–Crippen MR) is 118 cm³/mol. The van der Waals surface area contributed by atoms with Crippen molar-refractivity contribution >= 4 is 46.2 Å². The molecule has 30 heavy (non-hydrogen) atoms. The van der Waals surface area contributed by atoms with Crippen LogP contribution in [0.2, 0.25) is 0 Å². The molecule has 2 rings (SSSR count). The van der Waals surface area contributed by atoms with E-state index in [9.17, 15) is 20.0 Å². The number of nitriles is 1. The number of halogens is 1. The molecule has 2 aromatic carbocycles. The number of phenolic OH excluding ortho intramolecular Hbond substituents is 1. The third-order valence-corrected chi connectivity index (χ3v) is 4.50. The van der Waals surface area contributed by atoms with Crippen LogP contribution in [0.1, 0.15) is 12.5 Å². The highest BCUT2D eigenvalue weighted by atomic mass is 127. The van der Waals surface area contributed by atoms with E-state index in [1.807, 2.05) is 28.7 Å². The molecule has 8 nitrogen and oxygen atoms in total. The van der Waals surface area contributed by atoms with E-state index in [2.05, 4.69) is 10.1 Å². The maximum atomic E-state index is 12.4. The first kappa shape index (κ1) is 23.0. The summed E-state index contributed by atoms with van der Waals surface area (Å²) in [5, 5.41) is 21.3. The molecule has 156 valence electrons. The number of benzene rings is 2. The summed E-state index contributed by atoms with van der Waals surface area (Å²) in [7, 11) is 1.26. The van der Waals surface area contributed by atoms with Crippen LogP contribution in [-0.4, -0.2) is 37.3 Å². The van der Waals surface area contributed by atoms with E-state index < -0.39 is 11.9 Å². The summed E-state index contributed by atoms with van der Waals surface area (Å²) in [5.74, 6) is -0.323. The Labute approximate surface area is 187 Å². The zero-order chi connectivity index (χ0) is 22.1. The Hall–Kier alpha value is -3.26. The van der Waals surface area contributed by atoms with Gasteiger partial charge in [-0.3, -0.25) is 4.79 Å². The standard InChI is InChI=1S/C21H19IN2O6/c1-3-29-18-10-13(9-17(22)20(18)30-12-19(26)28-2)8-14(11-23)21(27)24-15-4-6-16(25)7-5-15/h4-10,25H,3,12H2,1-2H3,(H,24,27)/b14-8+. The highest BCUT2D eigenvalue weighted by Gasteiger charge is 2.15. The lowest BCUT2D eigenvalue weighted by Gasteiger charge is -2.14. The number of carbonyl (C=O) groups excluding carboxylic acids is 2. The number of nitrogens with one attached hydrogen (secondary N) is 1. The van der Waals surface area contributed by atoms with Crippen molar-refractivity contribution in [2.24, 2.45) is 0 Å². The molecule has 0 unspecified atom stereocenters. The Morgan fingerprint density at radius 3 is 2.53 bits per heavy atom. The lowest BCUT2D eigenvalue weighted by atomic mass is 10.1. The van der Waals surface area contributed by atoms with Gasteiger partial charge in [-0.15, -0.1) is 0 Å². The second kappa shape index (κ2) is 11.1. The lowest BCUT2D eigenvalue weighted by molar-refractivity contribution is -0.142. The number of rotatable bonds is 8. The first-order valence-corrected chi connectivity index (χ1v) is 9.84. The molecule has 9 heteroatoms. The predicted octanol–water partition coefficient (Wildman–Crippen LogP) is 3.49. The van der Waals surface area contributed by atoms with Gasteiger partial charge < -0.3 is 24.6 Å². The largest absolute Gasteiger partial charge is 0.508 e. The summed E-state index contributed by atoms with van der Waals surface area (Å²) in [6.45, 7) is 1.87. The van der Waals surface area contributed by atoms with Gasteiger partial charge >= 0.3 is 5.97 Å². The first-order valence-electron chi connectivity index (χ1n) is 8.76. The zero-order valence-electron chi connectivity index (χ0n) is 16.3. The molecule has 0 saturated carbocycles. The Morgan fingerprint density at radius 1 is 1.23 bits per heavy atom. The smallest absolute Gasteiger partial charge is 0.343 e. The molecule has 1 amide bonds. The van der Waals surface area contributed by atoms with E-state index in [1.54, 1.807) is 19.1 Å². The molecule has 0 aromatic heterocycles. The fraction of sp³-hybridized carbons (Fsp3) is 0.190. The number of carbonyl (C=O) groups is 2. The molecule has 0 aliphatic carbocycles. The molecule has 0 fully saturated rings. The monoisotopic (exact) mass is 522 g/mol. The van der Waals surface area contributed by atoms with Crippen molar-refractivity contribution in [3.63, 3.8) is 0 Å². The first-order chi connectivity index (χ1) is 14.4. The Kier molecular flexibility index (Phi) is 8.49. The van der Waals surface area contributed by atoms with Crippen LogP contribution in [0.5, 0.6) is 17.2 Å². The van der Waals surface area contributed by atoms with Crippen LogP contribution in [0.15, 0.2) is 42.0 Å². The quantitative estimate of drug-likeness (QED) is 0.179. The molecule has 2 N–H and O–H groups in total. The van der Waals surface area contributed by atoms with E-state index in [1.165, 1.54) is 37.5 Å². The molecule has 0 heterocycles. The van der Waals surface area contributed by atoms with Gasteiger partial charge in [0.15, 0.2) is 18.1 Å². The number of nitrogens with zero attached hydrogens (tertiary/aromatic N) is 1. The van der Waals surface area contributed by atoms with E-state index in [-0.39, 0.29) is 17.9 Å². The molecule has 0 atom stereocenters. The van der Waals surface area contributed by atoms with Gasteiger partial charge in [0, 0.05) is 5.69 Å². The van der Waals surface area contributed by atoms with Crippen LogP contribution in [0.25, 0.3) is 6.08 Å². The van der Waals surface area contributed by atoms with Crippen molar-refractivity contribution in [3.05, 3.63) is 51.1 Å². The van der Waals surface area contributed by atoms with Crippen molar-refractivity contribution in [1.82, 2.24) is 0 Å². The second-order valence-corrected chi connectivity index (χ2v) is 6.96. The minimum atomic E-state index is -0.595. The third kappa shape index (κ3) is 6.38. The minimum Gasteiger partial charge on any atom is -0.508 e. The maximum absolute atomic E-state index is 12.4. The molecule has 0 spiro atoms. The van der Waals surface area contributed by atoms with Crippen LogP contribution in [0.4, 0.5) is 5.69 Å². The number of hydrogen-bond donors (Lipinski definition) is 2. The van der Waals surface area contributed by atoms with Crippen molar-refractivity contribution < 1.29 is 28.9 Å². The average molecular weight is 522 g/mol. The number of aromatic hydroxyl groups is 1. The Balaban J connectivity index is 2.30. The van der Waals surface area contributed by atoms with Gasteiger partial charge in [0.2, 0.25) is 0 Å². The fourth-order valence-corrected chi connectivity index (χ4v) is 3.10. The number of phenols is 1. The second-order valence-electron chi connectivity index (χ2n) is 5.80. The number of esters is 1. The van der Waals surface area contributed by atoms with E-state index >= 15 is 0 Å². The number of amides is 1. The molecule has 0 aliphatic rings. The van der Waals surface area contributed by atoms with Crippen molar-refractivity contribution in [2.75, 3.05) is 25.6 Å². The van der Waals surface area contributed by atoms with Crippen molar-refractivity contribution in [2.45, 2.75) is 6.92 Å². The van der Waals surface area contributed by atoms with E-state index in [0.29, 0.717) is 32.9 Å². The molecule has 0 aliphatic heterocycles. The van der Waals surface area contributed by atoms with Gasteiger partial charge in [0.1, 0.15) is 17.4 Å². The topological polar surface area (TPSA) is 118 Å². The summed E-state index contributed by atoms with van der Waals surface area (Å²) < 4.78 is 16.3. The number of hydrogen-bond acceptors (Lipinski definition) is 7. The lowest BCUT2D eigenvalue weighted by Crippen LogP contribution is -2.14. The summed E-state index contributed by atoms with van der Waals surface area (Å²) in [6.07, 6.45) is 1.42. The summed E-state index contributed by atoms with van der Waals surface area (Å²) in [5.41, 5.74) is 0.866. The van der Waals surface area contributed by atoms with E-state index in [0.717, 1.165) is 0 Å².